The number of benzene rings is 2. The van der Waals surface area contributed by atoms with Crippen LogP contribution in [0.1, 0.15) is 18.1 Å². The summed E-state index contributed by atoms with van der Waals surface area (Å²) >= 11 is 5.91. The van der Waals surface area contributed by atoms with Crippen molar-refractivity contribution in [2.24, 2.45) is 5.73 Å². The molecule has 0 amide bonds. The molecule has 0 radical (unpaired) electrons. The van der Waals surface area contributed by atoms with E-state index in [0.717, 1.165) is 11.3 Å². The lowest BCUT2D eigenvalue weighted by Gasteiger charge is -2.26. The molecule has 2 rings (SSSR count). The van der Waals surface area contributed by atoms with Gasteiger partial charge in [-0.25, -0.2) is 4.39 Å². The Labute approximate surface area is 123 Å². The van der Waals surface area contributed by atoms with Gasteiger partial charge in [0.25, 0.3) is 0 Å². The molecule has 0 aromatic heterocycles. The van der Waals surface area contributed by atoms with Gasteiger partial charge in [-0.1, -0.05) is 23.7 Å². The van der Waals surface area contributed by atoms with Crippen LogP contribution in [0.2, 0.25) is 5.02 Å². The van der Waals surface area contributed by atoms with Gasteiger partial charge < -0.3 is 10.5 Å². The van der Waals surface area contributed by atoms with Gasteiger partial charge in [-0.15, -0.1) is 0 Å². The zero-order valence-corrected chi connectivity index (χ0v) is 12.2. The summed E-state index contributed by atoms with van der Waals surface area (Å²) < 4.78 is 19.0. The Kier molecular flexibility index (Phi) is 4.31. The summed E-state index contributed by atoms with van der Waals surface area (Å²) in [6.07, 6.45) is 0.354. The molecule has 0 heterocycles. The molecule has 1 unspecified atom stereocenters. The van der Waals surface area contributed by atoms with Crippen molar-refractivity contribution in [1.29, 1.82) is 0 Å². The van der Waals surface area contributed by atoms with Gasteiger partial charge in [0.05, 0.1) is 7.11 Å². The second kappa shape index (κ2) is 5.81. The summed E-state index contributed by atoms with van der Waals surface area (Å²) in [7, 11) is 1.60. The van der Waals surface area contributed by atoms with E-state index in [4.69, 9.17) is 22.1 Å². The molecular formula is C16H17ClFNO. The number of hydrogen-bond acceptors (Lipinski definition) is 2. The van der Waals surface area contributed by atoms with Gasteiger partial charge in [0, 0.05) is 10.6 Å². The molecule has 1 atom stereocenters. The van der Waals surface area contributed by atoms with E-state index in [1.54, 1.807) is 13.2 Å². The molecule has 2 nitrogen and oxygen atoms in total. The predicted molar refractivity (Wildman–Crippen MR) is 79.6 cm³/mol. The van der Waals surface area contributed by atoms with Gasteiger partial charge in [0.2, 0.25) is 0 Å². The summed E-state index contributed by atoms with van der Waals surface area (Å²) in [6.45, 7) is 1.86. The SMILES string of the molecule is COc1cccc(C(C)(N)Cc2cc(Cl)ccc2F)c1. The molecule has 0 saturated carbocycles. The molecule has 0 saturated heterocycles. The summed E-state index contributed by atoms with van der Waals surface area (Å²) in [5, 5.41) is 0.503. The standard InChI is InChI=1S/C16H17ClFNO/c1-16(19,12-4-3-5-14(9-12)20-2)10-11-8-13(17)6-7-15(11)18/h3-9H,10,19H2,1-2H3. The molecule has 2 N–H and O–H groups in total. The maximum absolute atomic E-state index is 13.8. The molecule has 106 valence electrons. The highest BCUT2D eigenvalue weighted by molar-refractivity contribution is 6.30. The first-order chi connectivity index (χ1) is 9.42. The van der Waals surface area contributed by atoms with Crippen molar-refractivity contribution in [2.75, 3.05) is 7.11 Å². The molecule has 4 heteroatoms. The maximum Gasteiger partial charge on any atom is 0.126 e. The largest absolute Gasteiger partial charge is 0.497 e. The second-order valence-electron chi connectivity index (χ2n) is 5.06. The fraction of sp³-hybridized carbons (Fsp3) is 0.250. The zero-order chi connectivity index (χ0) is 14.8. The first kappa shape index (κ1) is 14.8. The quantitative estimate of drug-likeness (QED) is 0.928. The summed E-state index contributed by atoms with van der Waals surface area (Å²) in [4.78, 5) is 0. The number of methoxy groups -OCH3 is 1. The Hall–Kier alpha value is -1.58. The minimum absolute atomic E-state index is 0.297. The molecular weight excluding hydrogens is 277 g/mol. The van der Waals surface area contributed by atoms with Gasteiger partial charge in [0.1, 0.15) is 11.6 Å². The first-order valence-corrected chi connectivity index (χ1v) is 6.67. The Bertz CT molecular complexity index is 613. The minimum atomic E-state index is -0.708. The highest BCUT2D eigenvalue weighted by Gasteiger charge is 2.24. The monoisotopic (exact) mass is 293 g/mol. The third-order valence-electron chi connectivity index (χ3n) is 3.29. The van der Waals surface area contributed by atoms with Crippen LogP contribution in [0.3, 0.4) is 0 Å². The van der Waals surface area contributed by atoms with E-state index in [9.17, 15) is 4.39 Å². The Morgan fingerprint density at radius 3 is 2.70 bits per heavy atom. The van der Waals surface area contributed by atoms with Crippen LogP contribution in [0.15, 0.2) is 42.5 Å². The summed E-state index contributed by atoms with van der Waals surface area (Å²) in [6, 6.07) is 12.0. The third kappa shape index (κ3) is 3.30. The predicted octanol–water partition coefficient (Wildman–Crippen LogP) is 3.90. The highest BCUT2D eigenvalue weighted by Crippen LogP contribution is 2.27. The number of nitrogens with two attached hydrogens (primary N) is 1. The average Bonchev–Trinajstić information content (AvgIpc) is 2.43. The van der Waals surface area contributed by atoms with Crippen LogP contribution in [-0.2, 0) is 12.0 Å². The Morgan fingerprint density at radius 1 is 1.25 bits per heavy atom. The number of ether oxygens (including phenoxy) is 1. The van der Waals surface area contributed by atoms with Gasteiger partial charge in [-0.3, -0.25) is 0 Å². The zero-order valence-electron chi connectivity index (χ0n) is 11.5. The molecule has 0 spiro atoms. The fourth-order valence-corrected chi connectivity index (χ4v) is 2.35. The van der Waals surface area contributed by atoms with Gasteiger partial charge in [0.15, 0.2) is 0 Å². The van der Waals surface area contributed by atoms with Crippen molar-refractivity contribution in [3.8, 4) is 5.75 Å². The Morgan fingerprint density at radius 2 is 2.00 bits per heavy atom. The lowest BCUT2D eigenvalue weighted by molar-refractivity contribution is 0.410. The molecule has 0 bridgehead atoms. The van der Waals surface area contributed by atoms with Crippen LogP contribution in [0, 0.1) is 5.82 Å². The molecule has 2 aromatic rings. The van der Waals surface area contributed by atoms with Crippen LogP contribution in [0.5, 0.6) is 5.75 Å². The fourth-order valence-electron chi connectivity index (χ4n) is 2.15. The van der Waals surface area contributed by atoms with Gasteiger partial charge in [-0.2, -0.15) is 0 Å². The summed E-state index contributed by atoms with van der Waals surface area (Å²) in [5.41, 5.74) is 7.03. The minimum Gasteiger partial charge on any atom is -0.497 e. The average molecular weight is 294 g/mol. The van der Waals surface area contributed by atoms with Crippen molar-refractivity contribution in [1.82, 2.24) is 0 Å². The number of halogens is 2. The van der Waals surface area contributed by atoms with Gasteiger partial charge >= 0.3 is 0 Å². The topological polar surface area (TPSA) is 35.2 Å². The third-order valence-corrected chi connectivity index (χ3v) is 3.53. The second-order valence-corrected chi connectivity index (χ2v) is 5.50. The van der Waals surface area contributed by atoms with Crippen LogP contribution in [0.25, 0.3) is 0 Å². The van der Waals surface area contributed by atoms with Crippen LogP contribution < -0.4 is 10.5 Å². The lowest BCUT2D eigenvalue weighted by Crippen LogP contribution is -2.35. The van der Waals surface area contributed by atoms with E-state index < -0.39 is 5.54 Å². The molecule has 0 aliphatic rings. The molecule has 0 aliphatic heterocycles. The van der Waals surface area contributed by atoms with Crippen molar-refractivity contribution in [3.05, 3.63) is 64.4 Å². The maximum atomic E-state index is 13.8. The normalized spacial score (nSPS) is 13.8. The van der Waals surface area contributed by atoms with E-state index in [1.165, 1.54) is 12.1 Å². The first-order valence-electron chi connectivity index (χ1n) is 6.30. The smallest absolute Gasteiger partial charge is 0.126 e. The van der Waals surface area contributed by atoms with Crippen molar-refractivity contribution < 1.29 is 9.13 Å². The molecule has 0 fully saturated rings. The number of hydrogen-bond donors (Lipinski definition) is 1. The van der Waals surface area contributed by atoms with Crippen LogP contribution >= 0.6 is 11.6 Å². The van der Waals surface area contributed by atoms with Crippen molar-refractivity contribution in [3.63, 3.8) is 0 Å². The van der Waals surface area contributed by atoms with Crippen LogP contribution in [-0.4, -0.2) is 7.11 Å². The lowest BCUT2D eigenvalue weighted by atomic mass is 9.86. The van der Waals surface area contributed by atoms with E-state index >= 15 is 0 Å². The molecule has 0 aliphatic carbocycles. The molecule has 2 aromatic carbocycles. The van der Waals surface area contributed by atoms with Crippen LogP contribution in [0.4, 0.5) is 4.39 Å². The van der Waals surface area contributed by atoms with E-state index in [-0.39, 0.29) is 5.82 Å². The number of rotatable bonds is 4. The molecule has 20 heavy (non-hydrogen) atoms. The van der Waals surface area contributed by atoms with Gasteiger partial charge in [-0.05, 0) is 54.8 Å². The highest BCUT2D eigenvalue weighted by atomic mass is 35.5. The Balaban J connectivity index is 2.32. The van der Waals surface area contributed by atoms with E-state index in [0.29, 0.717) is 17.0 Å². The van der Waals surface area contributed by atoms with E-state index in [2.05, 4.69) is 0 Å². The van der Waals surface area contributed by atoms with Crippen molar-refractivity contribution in [2.45, 2.75) is 18.9 Å². The summed E-state index contributed by atoms with van der Waals surface area (Å²) in [5.74, 6) is 0.430. The van der Waals surface area contributed by atoms with E-state index in [1.807, 2.05) is 31.2 Å². The van der Waals surface area contributed by atoms with Crippen molar-refractivity contribution >= 4 is 11.6 Å².